The van der Waals surface area contributed by atoms with Crippen LogP contribution >= 0.6 is 11.3 Å². The summed E-state index contributed by atoms with van der Waals surface area (Å²) >= 11 is 1.62. The molecule has 2 rings (SSSR count). The number of phenolic OH excluding ortho intramolecular Hbond substituents is 1. The number of nitrogens with one attached hydrogen (secondary N) is 1. The highest BCUT2D eigenvalue weighted by Crippen LogP contribution is 2.12. The second-order valence-corrected chi connectivity index (χ2v) is 5.73. The Hall–Kier alpha value is -1.85. The monoisotopic (exact) mass is 305 g/mol. The molecular weight excluding hydrogens is 286 g/mol. The lowest BCUT2D eigenvalue weighted by atomic mass is 10.1. The third-order valence-corrected chi connectivity index (χ3v) is 3.96. The Kier molecular flexibility index (Phi) is 5.78. The fraction of sp³-hybridized carbons (Fsp3) is 0.312. The molecule has 1 heterocycles. The molecule has 3 N–H and O–H groups in total. The van der Waals surface area contributed by atoms with Crippen molar-refractivity contribution < 1.29 is 15.0 Å². The number of rotatable bonds is 7. The molecule has 21 heavy (non-hydrogen) atoms. The van der Waals surface area contributed by atoms with Gasteiger partial charge in [0.25, 0.3) is 0 Å². The van der Waals surface area contributed by atoms with Gasteiger partial charge in [-0.2, -0.15) is 11.3 Å². The standard InChI is InChI=1S/C16H19NO3S/c18-10-14(9-12-1-4-15(19)5-2-12)17-16(20)6-3-13-7-8-21-11-13/h1-2,4-5,7-8,11,14,18-19H,3,6,9-10H2,(H,17,20)/t14-/m0/s1. The number of thiophene rings is 1. The highest BCUT2D eigenvalue weighted by molar-refractivity contribution is 7.07. The number of carbonyl (C=O) groups is 1. The summed E-state index contributed by atoms with van der Waals surface area (Å²) in [5.74, 6) is 0.151. The maximum atomic E-state index is 11.9. The number of aliphatic hydroxyl groups is 1. The van der Waals surface area contributed by atoms with E-state index in [9.17, 15) is 15.0 Å². The predicted molar refractivity (Wildman–Crippen MR) is 83.5 cm³/mol. The minimum Gasteiger partial charge on any atom is -0.508 e. The Bertz CT molecular complexity index is 551. The predicted octanol–water partition coefficient (Wildman–Crippen LogP) is 2.11. The molecule has 4 nitrogen and oxygen atoms in total. The van der Waals surface area contributed by atoms with Crippen molar-refractivity contribution >= 4 is 17.2 Å². The van der Waals surface area contributed by atoms with Gasteiger partial charge in [0.2, 0.25) is 5.91 Å². The number of aromatic hydroxyl groups is 1. The molecule has 0 saturated heterocycles. The van der Waals surface area contributed by atoms with E-state index in [4.69, 9.17) is 0 Å². The van der Waals surface area contributed by atoms with Crippen LogP contribution in [0, 0.1) is 0 Å². The van der Waals surface area contributed by atoms with Gasteiger partial charge in [-0.3, -0.25) is 4.79 Å². The molecule has 0 aliphatic heterocycles. The van der Waals surface area contributed by atoms with Gasteiger partial charge >= 0.3 is 0 Å². The summed E-state index contributed by atoms with van der Waals surface area (Å²) < 4.78 is 0. The second kappa shape index (κ2) is 7.81. The Morgan fingerprint density at radius 3 is 2.57 bits per heavy atom. The van der Waals surface area contributed by atoms with Crippen molar-refractivity contribution in [2.24, 2.45) is 0 Å². The van der Waals surface area contributed by atoms with Gasteiger partial charge in [0, 0.05) is 6.42 Å². The van der Waals surface area contributed by atoms with Crippen molar-refractivity contribution in [1.29, 1.82) is 0 Å². The molecule has 0 saturated carbocycles. The molecule has 1 aromatic heterocycles. The van der Waals surface area contributed by atoms with Gasteiger partial charge < -0.3 is 15.5 Å². The van der Waals surface area contributed by atoms with Crippen LogP contribution in [-0.2, 0) is 17.6 Å². The number of aryl methyl sites for hydroxylation is 1. The third kappa shape index (κ3) is 5.21. The Morgan fingerprint density at radius 1 is 1.19 bits per heavy atom. The van der Waals surface area contributed by atoms with E-state index in [1.165, 1.54) is 0 Å². The summed E-state index contributed by atoms with van der Waals surface area (Å²) in [5.41, 5.74) is 2.12. The molecule has 0 aliphatic carbocycles. The summed E-state index contributed by atoms with van der Waals surface area (Å²) in [6, 6.07) is 8.48. The van der Waals surface area contributed by atoms with E-state index >= 15 is 0 Å². The Morgan fingerprint density at radius 2 is 1.95 bits per heavy atom. The minimum absolute atomic E-state index is 0.0565. The average Bonchev–Trinajstić information content (AvgIpc) is 3.00. The number of hydrogen-bond acceptors (Lipinski definition) is 4. The summed E-state index contributed by atoms with van der Waals surface area (Å²) in [6.45, 7) is -0.106. The molecule has 1 atom stereocenters. The van der Waals surface area contributed by atoms with Crippen molar-refractivity contribution in [3.8, 4) is 5.75 Å². The van der Waals surface area contributed by atoms with E-state index in [0.29, 0.717) is 19.3 Å². The van der Waals surface area contributed by atoms with Crippen molar-refractivity contribution in [3.63, 3.8) is 0 Å². The maximum absolute atomic E-state index is 11.9. The molecule has 0 unspecified atom stereocenters. The molecule has 0 aliphatic rings. The number of phenols is 1. The maximum Gasteiger partial charge on any atom is 0.220 e. The van der Waals surface area contributed by atoms with Crippen LogP contribution in [0.15, 0.2) is 41.1 Å². The van der Waals surface area contributed by atoms with Gasteiger partial charge in [-0.15, -0.1) is 0 Å². The molecule has 5 heteroatoms. The van der Waals surface area contributed by atoms with Crippen LogP contribution in [0.1, 0.15) is 17.5 Å². The fourth-order valence-electron chi connectivity index (χ4n) is 2.07. The fourth-order valence-corrected chi connectivity index (χ4v) is 2.77. The van der Waals surface area contributed by atoms with Crippen molar-refractivity contribution in [2.45, 2.75) is 25.3 Å². The molecule has 0 bridgehead atoms. The Balaban J connectivity index is 1.80. The van der Waals surface area contributed by atoms with Crippen LogP contribution in [0.3, 0.4) is 0 Å². The molecule has 0 fully saturated rings. The molecule has 112 valence electrons. The molecule has 0 spiro atoms. The zero-order valence-electron chi connectivity index (χ0n) is 11.7. The summed E-state index contributed by atoms with van der Waals surface area (Å²) in [6.07, 6.45) is 1.68. The summed E-state index contributed by atoms with van der Waals surface area (Å²) in [5, 5.41) is 25.5. The lowest BCUT2D eigenvalue weighted by molar-refractivity contribution is -0.122. The van der Waals surface area contributed by atoms with Crippen molar-refractivity contribution in [3.05, 3.63) is 52.2 Å². The smallest absolute Gasteiger partial charge is 0.220 e. The quantitative estimate of drug-likeness (QED) is 0.734. The lowest BCUT2D eigenvalue weighted by Gasteiger charge is -2.16. The van der Waals surface area contributed by atoms with Crippen LogP contribution in [0.25, 0.3) is 0 Å². The number of carbonyl (C=O) groups excluding carboxylic acids is 1. The van der Waals surface area contributed by atoms with Crippen LogP contribution in [0.2, 0.25) is 0 Å². The second-order valence-electron chi connectivity index (χ2n) is 4.95. The Labute approximate surface area is 128 Å². The van der Waals surface area contributed by atoms with Crippen LogP contribution in [-0.4, -0.2) is 28.8 Å². The average molecular weight is 305 g/mol. The van der Waals surface area contributed by atoms with Crippen LogP contribution < -0.4 is 5.32 Å². The van der Waals surface area contributed by atoms with Gasteiger partial charge in [0.1, 0.15) is 5.75 Å². The molecule has 2 aromatic rings. The first-order valence-corrected chi connectivity index (χ1v) is 7.81. The highest BCUT2D eigenvalue weighted by Gasteiger charge is 2.12. The van der Waals surface area contributed by atoms with E-state index in [2.05, 4.69) is 5.32 Å². The first kappa shape index (κ1) is 15.5. The van der Waals surface area contributed by atoms with E-state index in [-0.39, 0.29) is 24.3 Å². The van der Waals surface area contributed by atoms with E-state index in [1.807, 2.05) is 16.8 Å². The van der Waals surface area contributed by atoms with Gasteiger partial charge in [-0.1, -0.05) is 12.1 Å². The van der Waals surface area contributed by atoms with Gasteiger partial charge in [-0.25, -0.2) is 0 Å². The number of aliphatic hydroxyl groups excluding tert-OH is 1. The largest absolute Gasteiger partial charge is 0.508 e. The summed E-state index contributed by atoms with van der Waals surface area (Å²) in [4.78, 5) is 11.9. The van der Waals surface area contributed by atoms with Gasteiger partial charge in [-0.05, 0) is 52.9 Å². The molecule has 0 radical (unpaired) electrons. The molecule has 1 aromatic carbocycles. The SMILES string of the molecule is O=C(CCc1ccsc1)N[C@H](CO)Cc1ccc(O)cc1. The zero-order chi connectivity index (χ0) is 15.1. The topological polar surface area (TPSA) is 69.6 Å². The van der Waals surface area contributed by atoms with E-state index in [1.54, 1.807) is 35.6 Å². The van der Waals surface area contributed by atoms with Crippen molar-refractivity contribution in [2.75, 3.05) is 6.61 Å². The highest BCUT2D eigenvalue weighted by atomic mass is 32.1. The number of hydrogen-bond donors (Lipinski definition) is 3. The van der Waals surface area contributed by atoms with E-state index in [0.717, 1.165) is 11.1 Å². The third-order valence-electron chi connectivity index (χ3n) is 3.22. The number of amides is 1. The van der Waals surface area contributed by atoms with Crippen molar-refractivity contribution in [1.82, 2.24) is 5.32 Å². The molecule has 1 amide bonds. The van der Waals surface area contributed by atoms with Gasteiger partial charge in [0.15, 0.2) is 0 Å². The number of benzene rings is 1. The zero-order valence-corrected chi connectivity index (χ0v) is 12.5. The molecular formula is C16H19NO3S. The van der Waals surface area contributed by atoms with Crippen LogP contribution in [0.4, 0.5) is 0 Å². The van der Waals surface area contributed by atoms with Gasteiger partial charge in [0.05, 0.1) is 12.6 Å². The summed E-state index contributed by atoms with van der Waals surface area (Å²) in [7, 11) is 0. The minimum atomic E-state index is -0.301. The normalized spacial score (nSPS) is 12.0. The van der Waals surface area contributed by atoms with E-state index < -0.39 is 0 Å². The first-order chi connectivity index (χ1) is 10.2. The van der Waals surface area contributed by atoms with Crippen LogP contribution in [0.5, 0.6) is 5.75 Å². The first-order valence-electron chi connectivity index (χ1n) is 6.86. The lowest BCUT2D eigenvalue weighted by Crippen LogP contribution is -2.39.